The van der Waals surface area contributed by atoms with Crippen molar-refractivity contribution < 1.29 is 29.3 Å². The van der Waals surface area contributed by atoms with Crippen LogP contribution in [0.5, 0.6) is 11.5 Å². The summed E-state index contributed by atoms with van der Waals surface area (Å²) in [5, 5.41) is 20.9. The zero-order valence-corrected chi connectivity index (χ0v) is 16.6. The molecule has 0 aromatic heterocycles. The SMILES string of the molecule is COCCN1C(=O)C(=O)/C(=C(\O)c2ccc(Cl)c(OC)c2)C1c1ccc(O)cc1. The van der Waals surface area contributed by atoms with Gasteiger partial charge in [0.1, 0.15) is 17.3 Å². The van der Waals surface area contributed by atoms with Crippen molar-refractivity contribution >= 4 is 29.1 Å². The molecule has 0 spiro atoms. The number of aliphatic hydroxyl groups excluding tert-OH is 1. The molecule has 2 N–H and O–H groups in total. The lowest BCUT2D eigenvalue weighted by Crippen LogP contribution is -2.32. The van der Waals surface area contributed by atoms with Crippen molar-refractivity contribution in [3.8, 4) is 11.5 Å². The van der Waals surface area contributed by atoms with E-state index in [0.717, 1.165) is 0 Å². The second kappa shape index (κ2) is 8.55. The van der Waals surface area contributed by atoms with Crippen LogP contribution >= 0.6 is 11.6 Å². The number of aliphatic hydroxyl groups is 1. The molecule has 1 atom stereocenters. The molecule has 1 heterocycles. The van der Waals surface area contributed by atoms with Gasteiger partial charge in [-0.3, -0.25) is 9.59 Å². The minimum Gasteiger partial charge on any atom is -0.508 e. The fraction of sp³-hybridized carbons (Fsp3) is 0.238. The number of phenolic OH excluding ortho intramolecular Hbond substituents is 1. The summed E-state index contributed by atoms with van der Waals surface area (Å²) < 4.78 is 10.2. The molecule has 0 radical (unpaired) electrons. The highest BCUT2D eigenvalue weighted by molar-refractivity contribution is 6.46. The van der Waals surface area contributed by atoms with Gasteiger partial charge in [0, 0.05) is 19.2 Å². The number of likely N-dealkylation sites (tertiary alicyclic amines) is 1. The molecule has 1 aliphatic heterocycles. The molecule has 1 fully saturated rings. The largest absolute Gasteiger partial charge is 0.508 e. The second-order valence-electron chi connectivity index (χ2n) is 6.43. The summed E-state index contributed by atoms with van der Waals surface area (Å²) in [7, 11) is 2.93. The Kier molecular flexibility index (Phi) is 6.10. The lowest BCUT2D eigenvalue weighted by Gasteiger charge is -2.25. The van der Waals surface area contributed by atoms with E-state index in [9.17, 15) is 19.8 Å². The van der Waals surface area contributed by atoms with Crippen LogP contribution in [0, 0.1) is 0 Å². The van der Waals surface area contributed by atoms with Crippen LogP contribution in [0.15, 0.2) is 48.0 Å². The number of carbonyl (C=O) groups excluding carboxylic acids is 2. The van der Waals surface area contributed by atoms with E-state index < -0.39 is 17.7 Å². The molecule has 29 heavy (non-hydrogen) atoms. The van der Waals surface area contributed by atoms with Crippen molar-refractivity contribution in [2.24, 2.45) is 0 Å². The number of halogens is 1. The predicted octanol–water partition coefficient (Wildman–Crippen LogP) is 3.12. The molecule has 152 valence electrons. The van der Waals surface area contributed by atoms with Crippen LogP contribution in [-0.4, -0.2) is 54.2 Å². The maximum Gasteiger partial charge on any atom is 0.295 e. The van der Waals surface area contributed by atoms with Gasteiger partial charge in [-0.05, 0) is 35.9 Å². The van der Waals surface area contributed by atoms with Crippen molar-refractivity contribution in [3.05, 3.63) is 64.2 Å². The quantitative estimate of drug-likeness (QED) is 0.426. The number of ether oxygens (including phenoxy) is 2. The Morgan fingerprint density at radius 3 is 2.45 bits per heavy atom. The average molecular weight is 418 g/mol. The van der Waals surface area contributed by atoms with Gasteiger partial charge in [0.15, 0.2) is 0 Å². The molecule has 2 aromatic carbocycles. The number of benzene rings is 2. The number of methoxy groups -OCH3 is 2. The molecule has 1 aliphatic rings. The van der Waals surface area contributed by atoms with Crippen LogP contribution < -0.4 is 4.74 Å². The van der Waals surface area contributed by atoms with E-state index in [0.29, 0.717) is 21.9 Å². The van der Waals surface area contributed by atoms with E-state index in [1.807, 2.05) is 0 Å². The molecule has 1 amide bonds. The molecular formula is C21H20ClNO6. The Morgan fingerprint density at radius 1 is 1.14 bits per heavy atom. The van der Waals surface area contributed by atoms with E-state index in [2.05, 4.69) is 0 Å². The van der Waals surface area contributed by atoms with Gasteiger partial charge in [-0.2, -0.15) is 0 Å². The molecule has 3 rings (SSSR count). The summed E-state index contributed by atoms with van der Waals surface area (Å²) in [5.74, 6) is -1.50. The highest BCUT2D eigenvalue weighted by Crippen LogP contribution is 2.40. The van der Waals surface area contributed by atoms with Gasteiger partial charge in [-0.25, -0.2) is 0 Å². The first-order chi connectivity index (χ1) is 13.9. The standard InChI is InChI=1S/C21H20ClNO6/c1-28-10-9-23-18(12-3-6-14(24)7-4-12)17(20(26)21(23)27)19(25)13-5-8-15(22)16(11-13)29-2/h3-8,11,18,24-25H,9-10H2,1-2H3/b19-17-. The smallest absolute Gasteiger partial charge is 0.295 e. The first kappa shape index (κ1) is 20.7. The van der Waals surface area contributed by atoms with Crippen molar-refractivity contribution in [2.45, 2.75) is 6.04 Å². The normalized spacial score (nSPS) is 18.3. The molecule has 2 aromatic rings. The lowest BCUT2D eigenvalue weighted by molar-refractivity contribution is -0.140. The number of hydrogen-bond donors (Lipinski definition) is 2. The van der Waals surface area contributed by atoms with Crippen LogP contribution in [0.2, 0.25) is 5.02 Å². The van der Waals surface area contributed by atoms with Gasteiger partial charge >= 0.3 is 0 Å². The Morgan fingerprint density at radius 2 is 1.83 bits per heavy atom. The zero-order chi connectivity index (χ0) is 21.1. The summed E-state index contributed by atoms with van der Waals surface area (Å²) >= 11 is 6.04. The fourth-order valence-electron chi connectivity index (χ4n) is 3.27. The van der Waals surface area contributed by atoms with Crippen LogP contribution in [0.3, 0.4) is 0 Å². The number of carbonyl (C=O) groups is 2. The van der Waals surface area contributed by atoms with Gasteiger partial charge in [-0.15, -0.1) is 0 Å². The van der Waals surface area contributed by atoms with E-state index in [1.54, 1.807) is 12.1 Å². The van der Waals surface area contributed by atoms with Gasteiger partial charge in [-0.1, -0.05) is 23.7 Å². The third-order valence-electron chi connectivity index (χ3n) is 4.71. The van der Waals surface area contributed by atoms with Crippen LogP contribution in [0.25, 0.3) is 5.76 Å². The topological polar surface area (TPSA) is 96.3 Å². The highest BCUT2D eigenvalue weighted by Gasteiger charge is 2.45. The number of amides is 1. The van der Waals surface area contributed by atoms with Gasteiger partial charge in [0.05, 0.1) is 30.4 Å². The van der Waals surface area contributed by atoms with Crippen LogP contribution in [0.1, 0.15) is 17.2 Å². The maximum absolute atomic E-state index is 12.8. The zero-order valence-electron chi connectivity index (χ0n) is 15.9. The maximum atomic E-state index is 12.8. The Balaban J connectivity index is 2.17. The summed E-state index contributed by atoms with van der Waals surface area (Å²) in [6.07, 6.45) is 0. The number of aromatic hydroxyl groups is 1. The van der Waals surface area contributed by atoms with E-state index in [1.165, 1.54) is 49.5 Å². The van der Waals surface area contributed by atoms with Crippen molar-refractivity contribution in [3.63, 3.8) is 0 Å². The number of nitrogens with zero attached hydrogens (tertiary/aromatic N) is 1. The third-order valence-corrected chi connectivity index (χ3v) is 5.02. The third kappa shape index (κ3) is 3.92. The Labute approximate surface area is 172 Å². The number of hydrogen-bond acceptors (Lipinski definition) is 6. The van der Waals surface area contributed by atoms with Crippen LogP contribution in [0.4, 0.5) is 0 Å². The molecule has 7 nitrogen and oxygen atoms in total. The average Bonchev–Trinajstić information content (AvgIpc) is 2.97. The summed E-state index contributed by atoms with van der Waals surface area (Å²) in [6, 6.07) is 9.85. The Hall–Kier alpha value is -3.03. The molecule has 0 aliphatic carbocycles. The number of Topliss-reactive ketones (excluding diaryl/α,β-unsaturated/α-hetero) is 1. The number of phenols is 1. The van der Waals surface area contributed by atoms with E-state index in [4.69, 9.17) is 21.1 Å². The second-order valence-corrected chi connectivity index (χ2v) is 6.83. The number of rotatable bonds is 6. The minimum atomic E-state index is -0.826. The molecule has 1 unspecified atom stereocenters. The van der Waals surface area contributed by atoms with Gasteiger partial charge in [0.2, 0.25) is 0 Å². The molecule has 1 saturated heterocycles. The Bertz CT molecular complexity index is 970. The monoisotopic (exact) mass is 417 g/mol. The predicted molar refractivity (Wildman–Crippen MR) is 107 cm³/mol. The molecule has 0 saturated carbocycles. The highest BCUT2D eigenvalue weighted by atomic mass is 35.5. The van der Waals surface area contributed by atoms with Crippen molar-refractivity contribution in [1.29, 1.82) is 0 Å². The van der Waals surface area contributed by atoms with Gasteiger partial charge in [0.25, 0.3) is 11.7 Å². The van der Waals surface area contributed by atoms with E-state index in [-0.39, 0.29) is 30.2 Å². The number of ketones is 1. The lowest BCUT2D eigenvalue weighted by atomic mass is 9.95. The molecular weight excluding hydrogens is 398 g/mol. The first-order valence-electron chi connectivity index (χ1n) is 8.79. The molecule has 0 bridgehead atoms. The minimum absolute atomic E-state index is 0.0463. The van der Waals surface area contributed by atoms with Crippen LogP contribution in [-0.2, 0) is 14.3 Å². The van der Waals surface area contributed by atoms with Crippen molar-refractivity contribution in [2.75, 3.05) is 27.4 Å². The molecule has 8 heteroatoms. The summed E-state index contributed by atoms with van der Waals surface area (Å²) in [4.78, 5) is 26.8. The van der Waals surface area contributed by atoms with Gasteiger partial charge < -0.3 is 24.6 Å². The summed E-state index contributed by atoms with van der Waals surface area (Å²) in [6.45, 7) is 0.379. The summed E-state index contributed by atoms with van der Waals surface area (Å²) in [5.41, 5.74) is 0.807. The fourth-order valence-corrected chi connectivity index (χ4v) is 3.46. The first-order valence-corrected chi connectivity index (χ1v) is 9.17. The van der Waals surface area contributed by atoms with E-state index >= 15 is 0 Å². The van der Waals surface area contributed by atoms with Crippen molar-refractivity contribution in [1.82, 2.24) is 4.90 Å².